The molecule has 3 heteroatoms. The highest BCUT2D eigenvalue weighted by Crippen LogP contribution is 2.22. The van der Waals surface area contributed by atoms with Gasteiger partial charge in [-0.1, -0.05) is 28.1 Å². The van der Waals surface area contributed by atoms with Crippen LogP contribution in [-0.4, -0.2) is 24.1 Å². The first kappa shape index (κ1) is 11.5. The maximum Gasteiger partial charge on any atom is 0.0213 e. The number of rotatable bonds is 2. The van der Waals surface area contributed by atoms with Crippen molar-refractivity contribution in [2.24, 2.45) is 0 Å². The zero-order chi connectivity index (χ0) is 10.7. The van der Waals surface area contributed by atoms with Crippen LogP contribution in [0, 0.1) is 6.92 Å². The molecule has 0 aromatic heterocycles. The van der Waals surface area contributed by atoms with Gasteiger partial charge >= 0.3 is 0 Å². The predicted molar refractivity (Wildman–Crippen MR) is 71.7 cm³/mol. The summed E-state index contributed by atoms with van der Waals surface area (Å²) in [6.07, 6.45) is 1.19. The van der Waals surface area contributed by atoms with Crippen molar-refractivity contribution in [2.75, 3.05) is 18.8 Å². The van der Waals surface area contributed by atoms with E-state index in [2.05, 4.69) is 58.1 Å². The fraction of sp³-hybridized carbons (Fsp3) is 0.500. The molecule has 0 aliphatic carbocycles. The first-order valence-electron chi connectivity index (χ1n) is 5.33. The molecule has 0 bridgehead atoms. The summed E-state index contributed by atoms with van der Waals surface area (Å²) in [7, 11) is 0. The second kappa shape index (κ2) is 5.37. The van der Waals surface area contributed by atoms with Gasteiger partial charge in [-0.05, 0) is 30.5 Å². The Labute approximate surface area is 104 Å². The lowest BCUT2D eigenvalue weighted by molar-refractivity contribution is 0.666. The smallest absolute Gasteiger partial charge is 0.0213 e. The van der Waals surface area contributed by atoms with Gasteiger partial charge in [0.25, 0.3) is 0 Å². The number of hydrogen-bond donors (Lipinski definition) is 1. The maximum absolute atomic E-state index is 3.54. The fourth-order valence-corrected chi connectivity index (χ4v) is 3.24. The molecule has 1 aliphatic heterocycles. The highest BCUT2D eigenvalue weighted by molar-refractivity contribution is 9.10. The normalized spacial score (nSPS) is 21.6. The van der Waals surface area contributed by atoms with E-state index < -0.39 is 0 Å². The van der Waals surface area contributed by atoms with Gasteiger partial charge in [-0.25, -0.2) is 0 Å². The molecule has 1 fully saturated rings. The summed E-state index contributed by atoms with van der Waals surface area (Å²) in [5, 5.41) is 4.20. The summed E-state index contributed by atoms with van der Waals surface area (Å²) in [4.78, 5) is 0. The van der Waals surface area contributed by atoms with E-state index in [1.807, 2.05) is 0 Å². The summed E-state index contributed by atoms with van der Waals surface area (Å²) < 4.78 is 1.21. The number of nitrogens with one attached hydrogen (secondary N) is 1. The van der Waals surface area contributed by atoms with E-state index in [4.69, 9.17) is 0 Å². The van der Waals surface area contributed by atoms with E-state index in [1.165, 1.54) is 34.3 Å². The summed E-state index contributed by atoms with van der Waals surface area (Å²) in [5.74, 6) is 1.25. The number of benzene rings is 1. The number of aryl methyl sites for hydroxylation is 1. The maximum atomic E-state index is 3.54. The lowest BCUT2D eigenvalue weighted by Gasteiger charge is -2.22. The van der Waals surface area contributed by atoms with Gasteiger partial charge in [0.15, 0.2) is 0 Å². The number of halogens is 1. The van der Waals surface area contributed by atoms with Crippen LogP contribution in [0.1, 0.15) is 11.1 Å². The van der Waals surface area contributed by atoms with Crippen LogP contribution in [0.3, 0.4) is 0 Å². The van der Waals surface area contributed by atoms with E-state index in [0.29, 0.717) is 0 Å². The van der Waals surface area contributed by atoms with Crippen molar-refractivity contribution in [3.8, 4) is 0 Å². The Balaban J connectivity index is 2.00. The molecule has 1 aromatic carbocycles. The molecule has 0 amide bonds. The minimum Gasteiger partial charge on any atom is -0.315 e. The molecule has 2 rings (SSSR count). The SMILES string of the molecule is Cc1cc(CC2CNCCS2)ccc1Br. The Morgan fingerprint density at radius 2 is 2.40 bits per heavy atom. The van der Waals surface area contributed by atoms with Crippen molar-refractivity contribution in [2.45, 2.75) is 18.6 Å². The van der Waals surface area contributed by atoms with Gasteiger partial charge in [0.05, 0.1) is 0 Å². The minimum absolute atomic E-state index is 0.749. The van der Waals surface area contributed by atoms with Crippen LogP contribution in [0.25, 0.3) is 0 Å². The van der Waals surface area contributed by atoms with Gasteiger partial charge in [-0.3, -0.25) is 0 Å². The molecular weight excluding hydrogens is 270 g/mol. The summed E-state index contributed by atoms with van der Waals surface area (Å²) in [5.41, 5.74) is 2.79. The molecule has 1 aromatic rings. The third-order valence-corrected chi connectivity index (χ3v) is 4.82. The monoisotopic (exact) mass is 285 g/mol. The molecule has 0 radical (unpaired) electrons. The van der Waals surface area contributed by atoms with Crippen molar-refractivity contribution in [3.63, 3.8) is 0 Å². The van der Waals surface area contributed by atoms with Crippen molar-refractivity contribution in [1.29, 1.82) is 0 Å². The molecule has 15 heavy (non-hydrogen) atoms. The Morgan fingerprint density at radius 1 is 1.53 bits per heavy atom. The van der Waals surface area contributed by atoms with E-state index in [-0.39, 0.29) is 0 Å². The highest BCUT2D eigenvalue weighted by Gasteiger charge is 2.13. The third kappa shape index (κ3) is 3.23. The number of thioether (sulfide) groups is 1. The van der Waals surface area contributed by atoms with Gasteiger partial charge < -0.3 is 5.32 Å². The van der Waals surface area contributed by atoms with Crippen LogP contribution >= 0.6 is 27.7 Å². The quantitative estimate of drug-likeness (QED) is 0.897. The molecule has 1 saturated heterocycles. The number of hydrogen-bond acceptors (Lipinski definition) is 2. The molecule has 1 unspecified atom stereocenters. The van der Waals surface area contributed by atoms with E-state index in [1.54, 1.807) is 0 Å². The molecule has 1 nitrogen and oxygen atoms in total. The van der Waals surface area contributed by atoms with E-state index in [9.17, 15) is 0 Å². The second-order valence-corrected chi connectivity index (χ2v) is 6.25. The lowest BCUT2D eigenvalue weighted by atomic mass is 10.1. The van der Waals surface area contributed by atoms with Crippen molar-refractivity contribution in [3.05, 3.63) is 33.8 Å². The van der Waals surface area contributed by atoms with Crippen molar-refractivity contribution < 1.29 is 0 Å². The molecular formula is C12H16BrNS. The Hall–Kier alpha value is 0.01000. The van der Waals surface area contributed by atoms with E-state index in [0.717, 1.165) is 11.8 Å². The molecule has 1 aliphatic rings. The predicted octanol–water partition coefficient (Wildman–Crippen LogP) is 3.01. The van der Waals surface area contributed by atoms with Crippen molar-refractivity contribution in [1.82, 2.24) is 5.32 Å². The van der Waals surface area contributed by atoms with Crippen LogP contribution in [0.4, 0.5) is 0 Å². The lowest BCUT2D eigenvalue weighted by Crippen LogP contribution is -2.33. The van der Waals surface area contributed by atoms with Crippen LogP contribution in [-0.2, 0) is 6.42 Å². The van der Waals surface area contributed by atoms with Crippen LogP contribution in [0.2, 0.25) is 0 Å². The minimum atomic E-state index is 0.749. The second-order valence-electron chi connectivity index (χ2n) is 3.98. The Kier molecular flexibility index (Phi) is 4.12. The zero-order valence-electron chi connectivity index (χ0n) is 8.92. The van der Waals surface area contributed by atoms with Crippen LogP contribution < -0.4 is 5.32 Å². The molecule has 1 heterocycles. The van der Waals surface area contributed by atoms with Crippen LogP contribution in [0.5, 0.6) is 0 Å². The Bertz CT molecular complexity index is 334. The first-order valence-corrected chi connectivity index (χ1v) is 7.17. The van der Waals surface area contributed by atoms with Gasteiger partial charge in [-0.15, -0.1) is 0 Å². The topological polar surface area (TPSA) is 12.0 Å². The zero-order valence-corrected chi connectivity index (χ0v) is 11.3. The molecule has 1 N–H and O–H groups in total. The Morgan fingerprint density at radius 3 is 3.07 bits per heavy atom. The highest BCUT2D eigenvalue weighted by atomic mass is 79.9. The van der Waals surface area contributed by atoms with Gasteiger partial charge in [0.2, 0.25) is 0 Å². The van der Waals surface area contributed by atoms with Gasteiger partial charge in [0, 0.05) is 28.6 Å². The van der Waals surface area contributed by atoms with Crippen molar-refractivity contribution >= 4 is 27.7 Å². The molecule has 82 valence electrons. The average Bonchev–Trinajstić information content (AvgIpc) is 2.25. The largest absolute Gasteiger partial charge is 0.315 e. The molecule has 0 spiro atoms. The van der Waals surface area contributed by atoms with Crippen LogP contribution in [0.15, 0.2) is 22.7 Å². The summed E-state index contributed by atoms with van der Waals surface area (Å²) >= 11 is 5.63. The van der Waals surface area contributed by atoms with Gasteiger partial charge in [-0.2, -0.15) is 11.8 Å². The summed E-state index contributed by atoms with van der Waals surface area (Å²) in [6, 6.07) is 6.68. The molecule has 1 atom stereocenters. The van der Waals surface area contributed by atoms with Gasteiger partial charge in [0.1, 0.15) is 0 Å². The average molecular weight is 286 g/mol. The third-order valence-electron chi connectivity index (χ3n) is 2.69. The summed E-state index contributed by atoms with van der Waals surface area (Å²) in [6.45, 7) is 4.47. The molecule has 0 saturated carbocycles. The fourth-order valence-electron chi connectivity index (χ4n) is 1.85. The first-order chi connectivity index (χ1) is 7.25. The standard InChI is InChI=1S/C12H16BrNS/c1-9-6-10(2-3-12(9)13)7-11-8-14-4-5-15-11/h2-3,6,11,14H,4-5,7-8H2,1H3. The van der Waals surface area contributed by atoms with E-state index >= 15 is 0 Å².